The van der Waals surface area contributed by atoms with Gasteiger partial charge < -0.3 is 24.8 Å². The summed E-state index contributed by atoms with van der Waals surface area (Å²) in [4.78, 5) is 0. The van der Waals surface area contributed by atoms with E-state index in [-0.39, 0.29) is 40.1 Å². The molecule has 0 saturated carbocycles. The maximum absolute atomic E-state index is 14.3. The summed E-state index contributed by atoms with van der Waals surface area (Å²) in [7, 11) is 0. The van der Waals surface area contributed by atoms with E-state index >= 15 is 0 Å². The van der Waals surface area contributed by atoms with Gasteiger partial charge in [-0.05, 0) is 0 Å². The fourth-order valence-corrected chi connectivity index (χ4v) is 18.2. The molecule has 0 saturated heterocycles. The second-order valence-electron chi connectivity index (χ2n) is 15.0. The van der Waals surface area contributed by atoms with Crippen molar-refractivity contribution in [2.24, 2.45) is 0 Å². The Morgan fingerprint density at radius 1 is 0.661 bits per heavy atom. The van der Waals surface area contributed by atoms with Gasteiger partial charge in [0.1, 0.15) is 0 Å². The molecule has 2 aliphatic carbocycles. The van der Waals surface area contributed by atoms with Gasteiger partial charge in [-0.3, -0.25) is 0 Å². The van der Waals surface area contributed by atoms with Crippen LogP contribution in [-0.4, -0.2) is 3.21 Å². The van der Waals surface area contributed by atoms with Gasteiger partial charge in [0.2, 0.25) is 0 Å². The number of hydrogen-bond acceptors (Lipinski definition) is 0. The third-order valence-corrected chi connectivity index (χ3v) is 19.6. The van der Waals surface area contributed by atoms with Crippen LogP contribution >= 0.6 is 0 Å². The third kappa shape index (κ3) is 8.47. The number of fused-ring (bicyclic) bond motifs is 3. The van der Waals surface area contributed by atoms with Crippen LogP contribution in [-0.2, 0) is 40.5 Å². The molecule has 5 heteroatoms. The van der Waals surface area contributed by atoms with E-state index in [9.17, 15) is 8.78 Å². The molecule has 0 aliphatic heterocycles. The Hall–Kier alpha value is -4.01. The van der Waals surface area contributed by atoms with Gasteiger partial charge in [-0.15, -0.1) is 0 Å². The van der Waals surface area contributed by atoms with Crippen molar-refractivity contribution in [1.82, 2.24) is 0 Å². The standard InChI is InChI=1S/C31H29.C15H12F2.C5H5.2ClH.Zr/c1-4-5-16-26-30-20-25-19-27(23-12-8-6-9-13-23)21(2)17-28(25)29(30)18-22(3)31(26)24-14-10-7-11-15-24;16-14-8-4-12(5-9-14)2-1-3-13-6-10-15(17)11-7-13;1-2-4-5-3-1;;;/h6-15,17-20H,4-5,16H2,1-3H3;4-11H,2-3H2;1-3H,4H2;2*1H;/q;;;;;+2/p-2. The van der Waals surface area contributed by atoms with Crippen molar-refractivity contribution in [1.29, 1.82) is 0 Å². The van der Waals surface area contributed by atoms with Crippen molar-refractivity contribution in [2.45, 2.75) is 62.9 Å². The van der Waals surface area contributed by atoms with E-state index in [0.29, 0.717) is 0 Å². The van der Waals surface area contributed by atoms with Gasteiger partial charge in [-0.2, -0.15) is 0 Å². The third-order valence-electron chi connectivity index (χ3n) is 11.3. The molecule has 0 heterocycles. The number of rotatable bonds is 11. The Bertz CT molecular complexity index is 2360. The molecule has 282 valence electrons. The molecular weight excluding hydrogens is 813 g/mol. The van der Waals surface area contributed by atoms with Crippen LogP contribution in [0.25, 0.3) is 33.4 Å². The predicted octanol–water partition coefficient (Wildman–Crippen LogP) is 7.46. The van der Waals surface area contributed by atoms with Crippen LogP contribution < -0.4 is 24.8 Å². The Labute approximate surface area is 351 Å². The Balaban J connectivity index is 0.00000266. The molecule has 0 nitrogen and oxygen atoms in total. The summed E-state index contributed by atoms with van der Waals surface area (Å²) >= 11 is -2.98. The molecule has 0 spiro atoms. The van der Waals surface area contributed by atoms with Gasteiger partial charge in [0, 0.05) is 0 Å². The summed E-state index contributed by atoms with van der Waals surface area (Å²) in [6.07, 6.45) is 12.8. The van der Waals surface area contributed by atoms with Crippen LogP contribution in [0.15, 0.2) is 149 Å². The molecule has 2 aliphatic rings. The summed E-state index contributed by atoms with van der Waals surface area (Å²) in [5.74, 6) is -0.431. The molecule has 0 amide bonds. The molecule has 56 heavy (non-hydrogen) atoms. The molecule has 0 fully saturated rings. The SMILES string of the molecule is CCCCc1c(-c2ccccc2)c(C)cc2c1[CH]([Zr+2]([C]1=CC=CC1)=[C](Cc1ccc(F)cc1)Cc1ccc(F)cc1)c1cc(-c3ccccc3)c(C)cc1-2.[Cl-].[Cl-]. The van der Waals surface area contributed by atoms with Crippen LogP contribution in [0.2, 0.25) is 0 Å². The topological polar surface area (TPSA) is 0 Å². The van der Waals surface area contributed by atoms with Gasteiger partial charge >= 0.3 is 329 Å². The van der Waals surface area contributed by atoms with E-state index < -0.39 is 21.3 Å². The molecule has 1 unspecified atom stereocenters. The smallest absolute Gasteiger partial charge is 1.00 e. The summed E-state index contributed by atoms with van der Waals surface area (Å²) in [5.41, 5.74) is 17.4. The summed E-state index contributed by atoms with van der Waals surface area (Å²) in [5, 5.41) is 0. The Morgan fingerprint density at radius 3 is 1.79 bits per heavy atom. The molecular formula is C51H46Cl2F2Zr. The number of aryl methyl sites for hydroxylation is 2. The summed E-state index contributed by atoms with van der Waals surface area (Å²) < 4.78 is 32.0. The molecule has 0 N–H and O–H groups in total. The predicted molar refractivity (Wildman–Crippen MR) is 220 cm³/mol. The van der Waals surface area contributed by atoms with Gasteiger partial charge in [0.05, 0.1) is 0 Å². The molecule has 0 aromatic heterocycles. The van der Waals surface area contributed by atoms with Gasteiger partial charge in [0.25, 0.3) is 0 Å². The van der Waals surface area contributed by atoms with E-state index in [1.165, 1.54) is 61.2 Å². The first-order valence-corrected chi connectivity index (χ1v) is 23.3. The van der Waals surface area contributed by atoms with Crippen molar-refractivity contribution < 1.29 is 54.9 Å². The minimum Gasteiger partial charge on any atom is -1.00 e. The minimum absolute atomic E-state index is 0. The Morgan fingerprint density at radius 2 is 1.23 bits per heavy atom. The molecule has 8 rings (SSSR count). The van der Waals surface area contributed by atoms with Crippen molar-refractivity contribution in [3.8, 4) is 33.4 Å². The Kier molecular flexibility index (Phi) is 13.8. The second-order valence-corrected chi connectivity index (χ2v) is 21.7. The molecule has 6 aromatic carbocycles. The number of allylic oxidation sites excluding steroid dienone is 4. The first-order valence-electron chi connectivity index (χ1n) is 19.4. The summed E-state index contributed by atoms with van der Waals surface area (Å²) in [6, 6.07) is 43.6. The van der Waals surface area contributed by atoms with Gasteiger partial charge in [-0.25, -0.2) is 0 Å². The van der Waals surface area contributed by atoms with Crippen molar-refractivity contribution in [3.63, 3.8) is 0 Å². The fourth-order valence-electron chi connectivity index (χ4n) is 8.87. The summed E-state index contributed by atoms with van der Waals surface area (Å²) in [6.45, 7) is 6.87. The largest absolute Gasteiger partial charge is 1.00 e. The van der Waals surface area contributed by atoms with Crippen LogP contribution in [0.1, 0.15) is 68.8 Å². The first kappa shape index (κ1) is 41.6. The number of benzene rings is 6. The zero-order chi connectivity index (χ0) is 37.2. The molecule has 6 aromatic rings. The van der Waals surface area contributed by atoms with E-state index in [2.05, 4.69) is 118 Å². The monoisotopic (exact) mass is 856 g/mol. The first-order chi connectivity index (χ1) is 26.4. The average molecular weight is 859 g/mol. The maximum Gasteiger partial charge on any atom is -1.00 e. The van der Waals surface area contributed by atoms with E-state index in [0.717, 1.165) is 49.7 Å². The zero-order valence-corrected chi connectivity index (χ0v) is 36.2. The van der Waals surface area contributed by atoms with E-state index in [1.54, 1.807) is 30.8 Å². The van der Waals surface area contributed by atoms with Gasteiger partial charge in [-0.1, -0.05) is 0 Å². The van der Waals surface area contributed by atoms with Crippen LogP contribution in [0.3, 0.4) is 0 Å². The number of halogens is 4. The van der Waals surface area contributed by atoms with Crippen molar-refractivity contribution in [2.75, 3.05) is 0 Å². The number of hydrogen-bond donors (Lipinski definition) is 0. The average Bonchev–Trinajstić information content (AvgIpc) is 3.83. The zero-order valence-electron chi connectivity index (χ0n) is 32.2. The van der Waals surface area contributed by atoms with Gasteiger partial charge in [0.15, 0.2) is 0 Å². The van der Waals surface area contributed by atoms with Crippen LogP contribution in [0, 0.1) is 25.5 Å². The van der Waals surface area contributed by atoms with Crippen LogP contribution in [0.5, 0.6) is 0 Å². The second kappa shape index (κ2) is 18.5. The van der Waals surface area contributed by atoms with Crippen molar-refractivity contribution in [3.05, 3.63) is 199 Å². The number of unbranched alkanes of at least 4 members (excludes halogenated alkanes) is 1. The van der Waals surface area contributed by atoms with E-state index in [1.807, 2.05) is 24.3 Å². The molecule has 0 bridgehead atoms. The molecule has 0 radical (unpaired) electrons. The van der Waals surface area contributed by atoms with Crippen LogP contribution in [0.4, 0.5) is 8.78 Å². The normalized spacial score (nSPS) is 13.5. The molecule has 1 atom stereocenters. The quantitative estimate of drug-likeness (QED) is 0.127. The van der Waals surface area contributed by atoms with E-state index in [4.69, 9.17) is 0 Å². The minimum atomic E-state index is -2.98. The maximum atomic E-state index is 14.3. The fraction of sp³-hybridized carbons (Fsp3) is 0.196. The van der Waals surface area contributed by atoms with Crippen molar-refractivity contribution >= 4 is 3.21 Å².